The fourth-order valence-corrected chi connectivity index (χ4v) is 4.70. The number of benzene rings is 2. The Kier molecular flexibility index (Phi) is 5.00. The number of fused-ring (bicyclic) bond motifs is 2. The number of rotatable bonds is 6. The van der Waals surface area contributed by atoms with Crippen molar-refractivity contribution in [2.45, 2.75) is 45.3 Å². The molecule has 1 aliphatic heterocycles. The largest absolute Gasteiger partial charge is 0.496 e. The van der Waals surface area contributed by atoms with E-state index in [1.54, 1.807) is 7.11 Å². The normalized spacial score (nSPS) is 15.5. The second-order valence-corrected chi connectivity index (χ2v) is 8.16. The van der Waals surface area contributed by atoms with E-state index in [-0.39, 0.29) is 6.42 Å². The molecule has 0 bridgehead atoms. The number of carboxylic acids is 1. The van der Waals surface area contributed by atoms with Gasteiger partial charge in [0, 0.05) is 47.7 Å². The van der Waals surface area contributed by atoms with Crippen LogP contribution in [0.5, 0.6) is 5.75 Å². The molecule has 4 rings (SSSR count). The van der Waals surface area contributed by atoms with Crippen molar-refractivity contribution in [1.82, 2.24) is 9.88 Å². The van der Waals surface area contributed by atoms with Gasteiger partial charge in [-0.1, -0.05) is 6.07 Å². The average Bonchev–Trinajstić information content (AvgIpc) is 3.38. The highest BCUT2D eigenvalue weighted by Gasteiger charge is 2.41. The van der Waals surface area contributed by atoms with Gasteiger partial charge in [0.2, 0.25) is 0 Å². The average molecular weight is 403 g/mol. The highest BCUT2D eigenvalue weighted by atomic mass is 16.5. The van der Waals surface area contributed by atoms with Gasteiger partial charge in [0.05, 0.1) is 18.7 Å². The van der Waals surface area contributed by atoms with Crippen LogP contribution in [-0.4, -0.2) is 28.1 Å². The summed E-state index contributed by atoms with van der Waals surface area (Å²) in [5.74, 6) is -0.0535. The molecule has 2 aromatic carbocycles. The number of H-pyrrole nitrogens is 1. The lowest BCUT2D eigenvalue weighted by molar-refractivity contribution is -0.137. The van der Waals surface area contributed by atoms with E-state index in [0.29, 0.717) is 25.1 Å². The Bertz CT molecular complexity index is 1170. The monoisotopic (exact) mass is 403 g/mol. The van der Waals surface area contributed by atoms with Gasteiger partial charge >= 0.3 is 5.97 Å². The van der Waals surface area contributed by atoms with E-state index in [2.05, 4.69) is 22.9 Å². The first-order valence-electron chi connectivity index (χ1n) is 10.0. The second-order valence-electron chi connectivity index (χ2n) is 8.16. The molecule has 0 radical (unpaired) electrons. The van der Waals surface area contributed by atoms with Gasteiger partial charge in [-0.25, -0.2) is 0 Å². The smallest absolute Gasteiger partial charge is 0.303 e. The third kappa shape index (κ3) is 3.21. The number of aromatic amines is 1. The van der Waals surface area contributed by atoms with E-state index in [4.69, 9.17) is 4.74 Å². The van der Waals surface area contributed by atoms with E-state index in [1.807, 2.05) is 43.5 Å². The van der Waals surface area contributed by atoms with E-state index < -0.39 is 11.5 Å². The van der Waals surface area contributed by atoms with Gasteiger partial charge in [-0.05, 0) is 61.2 Å². The maximum atomic E-state index is 11.5. The first-order valence-corrected chi connectivity index (χ1v) is 10.0. The van der Waals surface area contributed by atoms with Gasteiger partial charge in [0.15, 0.2) is 0 Å². The quantitative estimate of drug-likeness (QED) is 0.635. The number of methoxy groups -OCH3 is 1. The number of ether oxygens (including phenoxy) is 1. The molecule has 2 heterocycles. The third-order valence-corrected chi connectivity index (χ3v) is 6.34. The summed E-state index contributed by atoms with van der Waals surface area (Å²) in [4.78, 5) is 17.1. The van der Waals surface area contributed by atoms with Crippen LogP contribution in [0.2, 0.25) is 0 Å². The fraction of sp³-hybridized carbons (Fsp3) is 0.333. The molecular formula is C24H25N3O3. The highest BCUT2D eigenvalue weighted by molar-refractivity contribution is 5.89. The van der Waals surface area contributed by atoms with Crippen molar-refractivity contribution < 1.29 is 14.6 Å². The maximum Gasteiger partial charge on any atom is 0.303 e. The van der Waals surface area contributed by atoms with Gasteiger partial charge in [0.1, 0.15) is 5.75 Å². The van der Waals surface area contributed by atoms with Crippen LogP contribution in [0, 0.1) is 18.3 Å². The Balaban J connectivity index is 1.86. The van der Waals surface area contributed by atoms with Crippen molar-refractivity contribution in [3.05, 3.63) is 64.3 Å². The number of nitriles is 1. The zero-order valence-electron chi connectivity index (χ0n) is 17.5. The SMILES string of the molecule is COc1cc(C)c2[nH]ccc2c1C(C)(CCC(=O)O)N1Cc2ccc(C#N)cc2C1. The Morgan fingerprint density at radius 2 is 2.07 bits per heavy atom. The van der Waals surface area contributed by atoms with Gasteiger partial charge in [-0.3, -0.25) is 9.69 Å². The van der Waals surface area contributed by atoms with Crippen molar-refractivity contribution in [2.24, 2.45) is 0 Å². The molecule has 1 atom stereocenters. The van der Waals surface area contributed by atoms with Gasteiger partial charge in [-0.15, -0.1) is 0 Å². The molecule has 6 heteroatoms. The van der Waals surface area contributed by atoms with E-state index in [0.717, 1.165) is 33.3 Å². The van der Waals surface area contributed by atoms with Gasteiger partial charge in [0.25, 0.3) is 0 Å². The zero-order valence-corrected chi connectivity index (χ0v) is 17.5. The molecular weight excluding hydrogens is 378 g/mol. The molecule has 1 aliphatic rings. The molecule has 2 N–H and O–H groups in total. The molecule has 0 saturated carbocycles. The second kappa shape index (κ2) is 7.51. The summed E-state index contributed by atoms with van der Waals surface area (Å²) in [6, 6.07) is 12.0. The van der Waals surface area contributed by atoms with Crippen molar-refractivity contribution in [1.29, 1.82) is 5.26 Å². The predicted octanol–water partition coefficient (Wildman–Crippen LogP) is 4.45. The number of aliphatic carboxylic acids is 1. The standard InChI is InChI=1S/C24H25N3O3/c1-15-10-20(30-3)22(19-7-9-26-23(15)19)24(2,8-6-21(28)29)27-13-17-5-4-16(12-25)11-18(17)14-27/h4-5,7,9-11,26H,6,8,13-14H2,1-3H3,(H,28,29). The van der Waals surface area contributed by atoms with Gasteiger partial charge < -0.3 is 14.8 Å². The Labute approximate surface area is 175 Å². The molecule has 0 spiro atoms. The lowest BCUT2D eigenvalue weighted by Crippen LogP contribution is -2.41. The van der Waals surface area contributed by atoms with Crippen LogP contribution in [0.4, 0.5) is 0 Å². The molecule has 1 aromatic heterocycles. The minimum atomic E-state index is -0.818. The maximum absolute atomic E-state index is 11.5. The summed E-state index contributed by atoms with van der Waals surface area (Å²) < 4.78 is 5.80. The van der Waals surface area contributed by atoms with Crippen molar-refractivity contribution in [3.63, 3.8) is 0 Å². The Hall–Kier alpha value is -3.30. The topological polar surface area (TPSA) is 89.3 Å². The fourth-order valence-electron chi connectivity index (χ4n) is 4.70. The molecule has 3 aromatic rings. The number of carbonyl (C=O) groups is 1. The van der Waals surface area contributed by atoms with E-state index in [1.165, 1.54) is 5.56 Å². The third-order valence-electron chi connectivity index (χ3n) is 6.34. The number of hydrogen-bond donors (Lipinski definition) is 2. The molecule has 0 amide bonds. The summed E-state index contributed by atoms with van der Waals surface area (Å²) in [5.41, 5.74) is 5.49. The summed E-state index contributed by atoms with van der Waals surface area (Å²) in [5, 5.41) is 19.8. The van der Waals surface area contributed by atoms with Crippen molar-refractivity contribution >= 4 is 16.9 Å². The number of nitrogens with one attached hydrogen (secondary N) is 1. The van der Waals surface area contributed by atoms with Crippen LogP contribution in [-0.2, 0) is 23.4 Å². The minimum absolute atomic E-state index is 0.0513. The number of carboxylic acid groups (broad SMARTS) is 1. The Morgan fingerprint density at radius 3 is 2.77 bits per heavy atom. The van der Waals surface area contributed by atoms with Crippen LogP contribution in [0.3, 0.4) is 0 Å². The molecule has 0 aliphatic carbocycles. The molecule has 30 heavy (non-hydrogen) atoms. The van der Waals surface area contributed by atoms with Crippen LogP contribution in [0.15, 0.2) is 36.5 Å². The number of aromatic nitrogens is 1. The summed E-state index contributed by atoms with van der Waals surface area (Å²) >= 11 is 0. The Morgan fingerprint density at radius 1 is 1.30 bits per heavy atom. The van der Waals surface area contributed by atoms with E-state index >= 15 is 0 Å². The van der Waals surface area contributed by atoms with Gasteiger partial charge in [-0.2, -0.15) is 5.26 Å². The lowest BCUT2D eigenvalue weighted by Gasteiger charge is -2.40. The van der Waals surface area contributed by atoms with Crippen LogP contribution in [0.1, 0.15) is 47.6 Å². The first kappa shape index (κ1) is 20.0. The zero-order chi connectivity index (χ0) is 21.5. The number of hydrogen-bond acceptors (Lipinski definition) is 4. The lowest BCUT2D eigenvalue weighted by atomic mass is 9.82. The van der Waals surface area contributed by atoms with Crippen molar-refractivity contribution in [2.75, 3.05) is 7.11 Å². The predicted molar refractivity (Wildman–Crippen MR) is 114 cm³/mol. The van der Waals surface area contributed by atoms with Crippen molar-refractivity contribution in [3.8, 4) is 11.8 Å². The van der Waals surface area contributed by atoms with Crippen LogP contribution in [0.25, 0.3) is 10.9 Å². The molecule has 1 unspecified atom stereocenters. The summed E-state index contributed by atoms with van der Waals surface area (Å²) in [6.07, 6.45) is 2.41. The van der Waals surface area contributed by atoms with Crippen LogP contribution < -0.4 is 4.74 Å². The molecule has 154 valence electrons. The number of nitrogens with zero attached hydrogens (tertiary/aromatic N) is 2. The first-order chi connectivity index (χ1) is 14.4. The summed E-state index contributed by atoms with van der Waals surface area (Å²) in [7, 11) is 1.66. The molecule has 0 fully saturated rings. The van der Waals surface area contributed by atoms with Crippen LogP contribution >= 0.6 is 0 Å². The highest BCUT2D eigenvalue weighted by Crippen LogP contribution is 2.46. The molecule has 6 nitrogen and oxygen atoms in total. The molecule has 0 saturated heterocycles. The van der Waals surface area contributed by atoms with E-state index in [9.17, 15) is 15.2 Å². The number of aryl methyl sites for hydroxylation is 1. The summed E-state index contributed by atoms with van der Waals surface area (Å²) in [6.45, 7) is 5.49. The minimum Gasteiger partial charge on any atom is -0.496 e.